The largest absolute Gasteiger partial charge is 0.395 e. The minimum absolute atomic E-state index is 0.0176. The predicted molar refractivity (Wildman–Crippen MR) is 63.9 cm³/mol. The fraction of sp³-hybridized carbons (Fsp3) is 1.00. The number of nitrogens with zero attached hydrogens (tertiary/aromatic N) is 1. The van der Waals surface area contributed by atoms with Crippen LogP contribution in [0.25, 0.3) is 0 Å². The SMILES string of the molecule is CC(C)(C)CC(C)(C)N(CCO)CCO. The number of hydrogen-bond acceptors (Lipinski definition) is 3. The van der Waals surface area contributed by atoms with Crippen molar-refractivity contribution in [1.29, 1.82) is 0 Å². The molecule has 3 nitrogen and oxygen atoms in total. The first-order valence-corrected chi connectivity index (χ1v) is 5.70. The standard InChI is InChI=1S/C12H27NO2/c1-11(2,3)10-12(4,5)13(6-8-14)7-9-15/h14-15H,6-10H2,1-5H3. The smallest absolute Gasteiger partial charge is 0.0558 e. The van der Waals surface area contributed by atoms with E-state index in [1.807, 2.05) is 0 Å². The van der Waals surface area contributed by atoms with E-state index in [4.69, 9.17) is 10.2 Å². The normalized spacial score (nSPS) is 13.6. The maximum Gasteiger partial charge on any atom is 0.0558 e. The van der Waals surface area contributed by atoms with Gasteiger partial charge in [0.25, 0.3) is 0 Å². The molecular formula is C12H27NO2. The second-order valence-electron chi connectivity index (χ2n) is 5.98. The van der Waals surface area contributed by atoms with Crippen molar-refractivity contribution in [2.24, 2.45) is 5.41 Å². The number of aliphatic hydroxyl groups excluding tert-OH is 2. The van der Waals surface area contributed by atoms with Crippen LogP contribution in [0.3, 0.4) is 0 Å². The van der Waals surface area contributed by atoms with Gasteiger partial charge < -0.3 is 10.2 Å². The summed E-state index contributed by atoms with van der Waals surface area (Å²) in [5.74, 6) is 0. The van der Waals surface area contributed by atoms with E-state index in [-0.39, 0.29) is 24.2 Å². The summed E-state index contributed by atoms with van der Waals surface area (Å²) in [4.78, 5) is 2.15. The molecular weight excluding hydrogens is 190 g/mol. The van der Waals surface area contributed by atoms with Gasteiger partial charge in [-0.15, -0.1) is 0 Å². The Balaban J connectivity index is 4.47. The average molecular weight is 217 g/mol. The zero-order valence-corrected chi connectivity index (χ0v) is 10.9. The molecule has 92 valence electrons. The Bertz CT molecular complexity index is 167. The molecule has 0 aromatic rings. The van der Waals surface area contributed by atoms with Crippen molar-refractivity contribution in [3.8, 4) is 0 Å². The zero-order valence-electron chi connectivity index (χ0n) is 10.9. The van der Waals surface area contributed by atoms with E-state index < -0.39 is 0 Å². The lowest BCUT2D eigenvalue weighted by atomic mass is 9.81. The Hall–Kier alpha value is -0.120. The lowest BCUT2D eigenvalue weighted by Gasteiger charge is -2.42. The van der Waals surface area contributed by atoms with Gasteiger partial charge in [0.1, 0.15) is 0 Å². The summed E-state index contributed by atoms with van der Waals surface area (Å²) in [5, 5.41) is 18.0. The molecule has 0 unspecified atom stereocenters. The van der Waals surface area contributed by atoms with Gasteiger partial charge in [-0.1, -0.05) is 20.8 Å². The minimum Gasteiger partial charge on any atom is -0.395 e. The van der Waals surface area contributed by atoms with Crippen molar-refractivity contribution in [2.75, 3.05) is 26.3 Å². The summed E-state index contributed by atoms with van der Waals surface area (Å²) in [5.41, 5.74) is 0.274. The van der Waals surface area contributed by atoms with Crippen LogP contribution in [0.15, 0.2) is 0 Å². The third kappa shape index (κ3) is 6.13. The molecule has 0 fully saturated rings. The number of hydrogen-bond donors (Lipinski definition) is 2. The Kier molecular flexibility index (Phi) is 5.78. The summed E-state index contributed by atoms with van der Waals surface area (Å²) in [6.45, 7) is 12.5. The lowest BCUT2D eigenvalue weighted by Crippen LogP contribution is -2.48. The molecule has 0 rings (SSSR count). The van der Waals surface area contributed by atoms with Gasteiger partial charge in [-0.25, -0.2) is 0 Å². The molecule has 0 heterocycles. The van der Waals surface area contributed by atoms with E-state index in [2.05, 4.69) is 39.5 Å². The van der Waals surface area contributed by atoms with Crippen LogP contribution in [-0.2, 0) is 0 Å². The third-order valence-corrected chi connectivity index (χ3v) is 2.56. The Labute approximate surface area is 94.1 Å². The molecule has 0 aromatic carbocycles. The Morgan fingerprint density at radius 1 is 0.867 bits per heavy atom. The van der Waals surface area contributed by atoms with E-state index in [0.29, 0.717) is 13.1 Å². The van der Waals surface area contributed by atoms with Crippen molar-refractivity contribution in [2.45, 2.75) is 46.6 Å². The lowest BCUT2D eigenvalue weighted by molar-refractivity contribution is 0.0449. The maximum absolute atomic E-state index is 9.00. The molecule has 0 aliphatic heterocycles. The molecule has 0 radical (unpaired) electrons. The number of rotatable bonds is 6. The van der Waals surface area contributed by atoms with Crippen LogP contribution in [0, 0.1) is 5.41 Å². The van der Waals surface area contributed by atoms with Crippen molar-refractivity contribution < 1.29 is 10.2 Å². The minimum atomic E-state index is 0.0176. The first-order chi connectivity index (χ1) is 6.73. The second-order valence-corrected chi connectivity index (χ2v) is 5.98. The van der Waals surface area contributed by atoms with Gasteiger partial charge in [-0.05, 0) is 25.7 Å². The number of β-amino-alcohol motifs (C(OH)–C–C–N with tert-alkyl or cyclic N) is 2. The summed E-state index contributed by atoms with van der Waals surface area (Å²) < 4.78 is 0. The van der Waals surface area contributed by atoms with E-state index in [1.54, 1.807) is 0 Å². The van der Waals surface area contributed by atoms with Crippen LogP contribution in [-0.4, -0.2) is 47.0 Å². The Morgan fingerprint density at radius 2 is 1.27 bits per heavy atom. The van der Waals surface area contributed by atoms with Gasteiger partial charge in [-0.3, -0.25) is 4.90 Å². The van der Waals surface area contributed by atoms with Crippen LogP contribution in [0.1, 0.15) is 41.0 Å². The van der Waals surface area contributed by atoms with Crippen molar-refractivity contribution in [1.82, 2.24) is 4.90 Å². The van der Waals surface area contributed by atoms with Crippen LogP contribution in [0.4, 0.5) is 0 Å². The second kappa shape index (κ2) is 5.83. The molecule has 0 atom stereocenters. The molecule has 2 N–H and O–H groups in total. The monoisotopic (exact) mass is 217 g/mol. The molecule has 0 aromatic heterocycles. The molecule has 0 spiro atoms. The predicted octanol–water partition coefficient (Wildman–Crippen LogP) is 1.49. The quantitative estimate of drug-likeness (QED) is 0.708. The van der Waals surface area contributed by atoms with Crippen LogP contribution in [0.2, 0.25) is 0 Å². The first-order valence-electron chi connectivity index (χ1n) is 5.70. The molecule has 0 saturated heterocycles. The highest BCUT2D eigenvalue weighted by atomic mass is 16.3. The van der Waals surface area contributed by atoms with Gasteiger partial charge in [0.15, 0.2) is 0 Å². The highest BCUT2D eigenvalue weighted by Crippen LogP contribution is 2.30. The van der Waals surface area contributed by atoms with Crippen LogP contribution in [0.5, 0.6) is 0 Å². The van der Waals surface area contributed by atoms with E-state index >= 15 is 0 Å². The molecule has 0 amide bonds. The van der Waals surface area contributed by atoms with Crippen LogP contribution >= 0.6 is 0 Å². The van der Waals surface area contributed by atoms with Crippen molar-refractivity contribution in [3.05, 3.63) is 0 Å². The third-order valence-electron chi connectivity index (χ3n) is 2.56. The molecule has 0 aliphatic carbocycles. The van der Waals surface area contributed by atoms with E-state index in [0.717, 1.165) is 6.42 Å². The van der Waals surface area contributed by atoms with E-state index in [9.17, 15) is 0 Å². The zero-order chi connectivity index (χ0) is 12.1. The van der Waals surface area contributed by atoms with E-state index in [1.165, 1.54) is 0 Å². The van der Waals surface area contributed by atoms with Crippen molar-refractivity contribution >= 4 is 0 Å². The fourth-order valence-corrected chi connectivity index (χ4v) is 2.37. The summed E-state index contributed by atoms with van der Waals surface area (Å²) in [7, 11) is 0. The molecule has 15 heavy (non-hydrogen) atoms. The highest BCUT2D eigenvalue weighted by molar-refractivity contribution is 4.86. The topological polar surface area (TPSA) is 43.7 Å². The fourth-order valence-electron chi connectivity index (χ4n) is 2.37. The van der Waals surface area contributed by atoms with Gasteiger partial charge in [0, 0.05) is 18.6 Å². The van der Waals surface area contributed by atoms with Gasteiger partial charge in [0.05, 0.1) is 13.2 Å². The Morgan fingerprint density at radius 3 is 1.53 bits per heavy atom. The van der Waals surface area contributed by atoms with Crippen molar-refractivity contribution in [3.63, 3.8) is 0 Å². The van der Waals surface area contributed by atoms with Gasteiger partial charge in [0.2, 0.25) is 0 Å². The summed E-state index contributed by atoms with van der Waals surface area (Å²) >= 11 is 0. The maximum atomic E-state index is 9.00. The molecule has 0 saturated carbocycles. The molecule has 0 bridgehead atoms. The summed E-state index contributed by atoms with van der Waals surface area (Å²) in [6.07, 6.45) is 1.04. The highest BCUT2D eigenvalue weighted by Gasteiger charge is 2.30. The molecule has 0 aliphatic rings. The summed E-state index contributed by atoms with van der Waals surface area (Å²) in [6, 6.07) is 0. The molecule has 3 heteroatoms. The van der Waals surface area contributed by atoms with Gasteiger partial charge in [-0.2, -0.15) is 0 Å². The van der Waals surface area contributed by atoms with Crippen LogP contribution < -0.4 is 0 Å². The first kappa shape index (κ1) is 14.9. The van der Waals surface area contributed by atoms with Gasteiger partial charge >= 0.3 is 0 Å². The average Bonchev–Trinajstić information content (AvgIpc) is 1.99. The number of aliphatic hydroxyl groups is 2.